The maximum absolute atomic E-state index is 13.3. The maximum atomic E-state index is 13.3. The summed E-state index contributed by atoms with van der Waals surface area (Å²) in [7, 11) is 7.62. The molecular weight excluding hydrogens is 386 g/mol. The minimum atomic E-state index is -0.140. The molecule has 30 heavy (non-hydrogen) atoms. The van der Waals surface area contributed by atoms with Gasteiger partial charge in [-0.25, -0.2) is 0 Å². The third-order valence-corrected chi connectivity index (χ3v) is 4.71. The first-order valence-electron chi connectivity index (χ1n) is 9.39. The minimum absolute atomic E-state index is 0.0650. The molecule has 0 heterocycles. The van der Waals surface area contributed by atoms with E-state index in [1.54, 1.807) is 30.3 Å². The van der Waals surface area contributed by atoms with E-state index >= 15 is 0 Å². The molecule has 0 spiro atoms. The Labute approximate surface area is 177 Å². The van der Waals surface area contributed by atoms with Crippen molar-refractivity contribution in [1.29, 1.82) is 0 Å². The smallest absolute Gasteiger partial charge is 0.207 e. The van der Waals surface area contributed by atoms with E-state index in [9.17, 15) is 4.79 Å². The molecule has 162 valence electrons. The Hall–Kier alpha value is -3.35. The Bertz CT molecular complexity index is 949. The standard InChI is InChI=1S/C23H29NO6/c1-13(2)16(20(25)14-8-9-17(24)18(11-14)26-3)10-15-12-19(27-4)22(29-6)23(30-7)21(15)28-5/h8-13H,24H2,1-7H3. The van der Waals surface area contributed by atoms with Crippen LogP contribution in [0.15, 0.2) is 29.8 Å². The number of methoxy groups -OCH3 is 5. The summed E-state index contributed by atoms with van der Waals surface area (Å²) in [6.45, 7) is 3.89. The predicted molar refractivity (Wildman–Crippen MR) is 117 cm³/mol. The molecule has 0 aliphatic heterocycles. The van der Waals surface area contributed by atoms with Gasteiger partial charge in [-0.15, -0.1) is 0 Å². The molecule has 2 aromatic rings. The highest BCUT2D eigenvalue weighted by Crippen LogP contribution is 2.47. The molecule has 0 aromatic heterocycles. The molecule has 0 saturated heterocycles. The van der Waals surface area contributed by atoms with Crippen LogP contribution in [0.5, 0.6) is 28.7 Å². The Morgan fingerprint density at radius 2 is 1.43 bits per heavy atom. The monoisotopic (exact) mass is 415 g/mol. The lowest BCUT2D eigenvalue weighted by molar-refractivity contribution is 0.102. The number of ether oxygens (including phenoxy) is 5. The second kappa shape index (κ2) is 9.91. The summed E-state index contributed by atoms with van der Waals surface area (Å²) in [6, 6.07) is 6.73. The fourth-order valence-corrected chi connectivity index (χ4v) is 3.15. The lowest BCUT2D eigenvalue weighted by Gasteiger charge is -2.18. The Morgan fingerprint density at radius 1 is 0.833 bits per heavy atom. The van der Waals surface area contributed by atoms with E-state index in [1.165, 1.54) is 35.5 Å². The zero-order chi connectivity index (χ0) is 22.4. The van der Waals surface area contributed by atoms with E-state index in [4.69, 9.17) is 29.4 Å². The SMILES string of the molecule is COc1cc(C(=O)C(=Cc2cc(OC)c(OC)c(OC)c2OC)C(C)C)ccc1N. The van der Waals surface area contributed by atoms with Gasteiger partial charge in [0.25, 0.3) is 0 Å². The molecule has 0 aliphatic carbocycles. The Balaban J connectivity index is 2.68. The highest BCUT2D eigenvalue weighted by atomic mass is 16.5. The highest BCUT2D eigenvalue weighted by Gasteiger charge is 2.23. The van der Waals surface area contributed by atoms with Gasteiger partial charge in [0.15, 0.2) is 17.3 Å². The highest BCUT2D eigenvalue weighted by molar-refractivity contribution is 6.12. The number of hydrogen-bond acceptors (Lipinski definition) is 7. The average Bonchev–Trinajstić information content (AvgIpc) is 2.75. The molecule has 0 saturated carbocycles. The molecule has 0 amide bonds. The molecular formula is C23H29NO6. The van der Waals surface area contributed by atoms with Crippen LogP contribution in [0.4, 0.5) is 5.69 Å². The number of anilines is 1. The zero-order valence-electron chi connectivity index (χ0n) is 18.5. The van der Waals surface area contributed by atoms with Gasteiger partial charge < -0.3 is 29.4 Å². The van der Waals surface area contributed by atoms with Crippen molar-refractivity contribution in [3.8, 4) is 28.7 Å². The molecule has 0 aliphatic rings. The van der Waals surface area contributed by atoms with Gasteiger partial charge in [-0.1, -0.05) is 13.8 Å². The van der Waals surface area contributed by atoms with Crippen LogP contribution in [0.25, 0.3) is 6.08 Å². The van der Waals surface area contributed by atoms with E-state index in [1.807, 2.05) is 13.8 Å². The summed E-state index contributed by atoms with van der Waals surface area (Å²) in [5, 5.41) is 0. The van der Waals surface area contributed by atoms with Crippen molar-refractivity contribution in [3.63, 3.8) is 0 Å². The lowest BCUT2D eigenvalue weighted by atomic mass is 9.92. The first-order chi connectivity index (χ1) is 14.3. The van der Waals surface area contributed by atoms with Crippen LogP contribution in [0.1, 0.15) is 29.8 Å². The third-order valence-electron chi connectivity index (χ3n) is 4.71. The van der Waals surface area contributed by atoms with Crippen molar-refractivity contribution in [2.24, 2.45) is 5.92 Å². The van der Waals surface area contributed by atoms with Crippen LogP contribution < -0.4 is 29.4 Å². The summed E-state index contributed by atoms with van der Waals surface area (Å²) in [6.07, 6.45) is 1.78. The number of benzene rings is 2. The van der Waals surface area contributed by atoms with Crippen molar-refractivity contribution < 1.29 is 28.5 Å². The van der Waals surface area contributed by atoms with Gasteiger partial charge in [-0.3, -0.25) is 4.79 Å². The van der Waals surface area contributed by atoms with Crippen molar-refractivity contribution in [2.45, 2.75) is 13.8 Å². The van der Waals surface area contributed by atoms with Gasteiger partial charge in [0, 0.05) is 16.7 Å². The normalized spacial score (nSPS) is 11.3. The first-order valence-corrected chi connectivity index (χ1v) is 9.39. The molecule has 0 unspecified atom stereocenters. The van der Waals surface area contributed by atoms with Crippen molar-refractivity contribution in [3.05, 3.63) is 41.0 Å². The lowest BCUT2D eigenvalue weighted by Crippen LogP contribution is -2.10. The number of Topliss-reactive ketones (excluding diaryl/α,β-unsaturated/α-hetero) is 1. The average molecular weight is 415 g/mol. The van der Waals surface area contributed by atoms with Gasteiger partial charge in [-0.05, 0) is 36.3 Å². The number of carbonyl (C=O) groups is 1. The number of allylic oxidation sites excluding steroid dienone is 1. The zero-order valence-corrected chi connectivity index (χ0v) is 18.5. The second-order valence-corrected chi connectivity index (χ2v) is 6.81. The van der Waals surface area contributed by atoms with Crippen molar-refractivity contribution >= 4 is 17.5 Å². The molecule has 7 nitrogen and oxygen atoms in total. The Morgan fingerprint density at radius 3 is 1.93 bits per heavy atom. The minimum Gasteiger partial charge on any atom is -0.495 e. The van der Waals surface area contributed by atoms with Gasteiger partial charge in [0.1, 0.15) is 5.75 Å². The molecule has 2 aromatic carbocycles. The molecule has 0 bridgehead atoms. The third kappa shape index (κ3) is 4.45. The summed E-state index contributed by atoms with van der Waals surface area (Å²) in [5.41, 5.74) is 8.04. The van der Waals surface area contributed by atoms with Crippen LogP contribution >= 0.6 is 0 Å². The molecule has 0 fully saturated rings. The predicted octanol–water partition coefficient (Wildman–Crippen LogP) is 4.23. The van der Waals surface area contributed by atoms with Crippen LogP contribution in [-0.2, 0) is 0 Å². The summed E-state index contributed by atoms with van der Waals surface area (Å²) in [5.74, 6) is 1.95. The number of rotatable bonds is 9. The fourth-order valence-electron chi connectivity index (χ4n) is 3.15. The van der Waals surface area contributed by atoms with Gasteiger partial charge in [0.05, 0.1) is 41.2 Å². The molecule has 7 heteroatoms. The van der Waals surface area contributed by atoms with E-state index in [-0.39, 0.29) is 11.7 Å². The maximum Gasteiger partial charge on any atom is 0.207 e. The molecule has 0 atom stereocenters. The number of hydrogen-bond donors (Lipinski definition) is 1. The second-order valence-electron chi connectivity index (χ2n) is 6.81. The number of carbonyl (C=O) groups excluding carboxylic acids is 1. The number of ketones is 1. The van der Waals surface area contributed by atoms with Gasteiger partial charge in [-0.2, -0.15) is 0 Å². The quantitative estimate of drug-likeness (QED) is 0.372. The topological polar surface area (TPSA) is 89.2 Å². The van der Waals surface area contributed by atoms with E-state index in [2.05, 4.69) is 0 Å². The largest absolute Gasteiger partial charge is 0.495 e. The Kier molecular flexibility index (Phi) is 7.58. The molecule has 2 rings (SSSR count). The van der Waals surface area contributed by atoms with E-state index in [0.29, 0.717) is 51.1 Å². The van der Waals surface area contributed by atoms with E-state index in [0.717, 1.165) is 0 Å². The molecule has 2 N–H and O–H groups in total. The first kappa shape index (κ1) is 22.9. The van der Waals surface area contributed by atoms with Crippen LogP contribution in [0.3, 0.4) is 0 Å². The fraction of sp³-hybridized carbons (Fsp3) is 0.348. The molecule has 0 radical (unpaired) electrons. The van der Waals surface area contributed by atoms with Crippen LogP contribution in [0.2, 0.25) is 0 Å². The van der Waals surface area contributed by atoms with E-state index < -0.39 is 0 Å². The summed E-state index contributed by atoms with van der Waals surface area (Å²) < 4.78 is 27.2. The number of nitrogen functional groups attached to an aromatic ring is 1. The van der Waals surface area contributed by atoms with Crippen molar-refractivity contribution in [1.82, 2.24) is 0 Å². The van der Waals surface area contributed by atoms with Crippen LogP contribution in [0, 0.1) is 5.92 Å². The van der Waals surface area contributed by atoms with Crippen molar-refractivity contribution in [2.75, 3.05) is 41.3 Å². The van der Waals surface area contributed by atoms with Crippen LogP contribution in [-0.4, -0.2) is 41.3 Å². The van der Waals surface area contributed by atoms with Gasteiger partial charge in [0.2, 0.25) is 11.5 Å². The number of nitrogens with two attached hydrogens (primary N) is 1. The summed E-state index contributed by atoms with van der Waals surface area (Å²) >= 11 is 0. The summed E-state index contributed by atoms with van der Waals surface area (Å²) in [4.78, 5) is 13.3. The van der Waals surface area contributed by atoms with Gasteiger partial charge >= 0.3 is 0 Å².